The summed E-state index contributed by atoms with van der Waals surface area (Å²) in [6, 6.07) is 15.2. The Bertz CT molecular complexity index is 918. The number of rotatable bonds is 9. The van der Waals surface area contributed by atoms with E-state index in [2.05, 4.69) is 20.9 Å². The molecule has 0 bridgehead atoms. The highest BCUT2D eigenvalue weighted by molar-refractivity contribution is 14.0. The van der Waals surface area contributed by atoms with Gasteiger partial charge in [-0.2, -0.15) is 0 Å². The third kappa shape index (κ3) is 9.13. The summed E-state index contributed by atoms with van der Waals surface area (Å²) >= 11 is 0. The maximum absolute atomic E-state index is 11.8. The van der Waals surface area contributed by atoms with Crippen LogP contribution in [0.2, 0.25) is 0 Å². The minimum Gasteiger partial charge on any atom is -0.484 e. The number of nitrogens with zero attached hydrogens (tertiary/aromatic N) is 2. The number of aliphatic imine (C=N–C) groups is 1. The smallest absolute Gasteiger partial charge is 0.259 e. The first-order valence-corrected chi connectivity index (χ1v) is 10.1. The third-order valence-corrected chi connectivity index (χ3v) is 4.57. The van der Waals surface area contributed by atoms with Crippen LogP contribution >= 0.6 is 24.0 Å². The lowest BCUT2D eigenvalue weighted by atomic mass is 10.1. The fourth-order valence-corrected chi connectivity index (χ4v) is 2.76. The Morgan fingerprint density at radius 2 is 1.75 bits per heavy atom. The van der Waals surface area contributed by atoms with Crippen molar-refractivity contribution in [2.24, 2.45) is 4.99 Å². The minimum atomic E-state index is -0.0930. The number of hydrogen-bond donors (Lipinski definition) is 3. The number of amides is 2. The summed E-state index contributed by atoms with van der Waals surface area (Å²) in [7, 11) is 6.73. The largest absolute Gasteiger partial charge is 0.484 e. The Morgan fingerprint density at radius 3 is 2.44 bits per heavy atom. The van der Waals surface area contributed by atoms with E-state index < -0.39 is 0 Å². The van der Waals surface area contributed by atoms with E-state index in [4.69, 9.17) is 4.74 Å². The number of likely N-dealkylation sites (N-methyl/N-ethyl adjacent to an activating group) is 1. The molecule has 0 aliphatic rings. The predicted octanol–water partition coefficient (Wildman–Crippen LogP) is 2.04. The number of carbonyl (C=O) groups is 2. The van der Waals surface area contributed by atoms with E-state index in [0.717, 1.165) is 17.5 Å². The molecule has 0 saturated carbocycles. The first-order valence-electron chi connectivity index (χ1n) is 10.1. The Morgan fingerprint density at radius 1 is 1.03 bits per heavy atom. The topological polar surface area (TPSA) is 95.1 Å². The molecule has 0 radical (unpaired) electrons. The number of ether oxygens (including phenoxy) is 1. The lowest BCUT2D eigenvalue weighted by Gasteiger charge is -2.14. The Hall–Kier alpha value is -2.82. The zero-order valence-electron chi connectivity index (χ0n) is 19.0. The van der Waals surface area contributed by atoms with E-state index in [1.54, 1.807) is 34.3 Å². The molecule has 0 fully saturated rings. The SMILES string of the molecule is CN=C(NCCc1cccc(C(=O)NC)c1)NCc1cccc(OCC(=O)N(C)C)c1.I. The number of nitrogens with one attached hydrogen (secondary N) is 3. The van der Waals surface area contributed by atoms with E-state index in [9.17, 15) is 9.59 Å². The van der Waals surface area contributed by atoms with Crippen LogP contribution in [0.5, 0.6) is 5.75 Å². The molecule has 3 N–H and O–H groups in total. The molecule has 32 heavy (non-hydrogen) atoms. The van der Waals surface area contributed by atoms with Gasteiger partial charge in [0.25, 0.3) is 11.8 Å². The number of hydrogen-bond acceptors (Lipinski definition) is 4. The highest BCUT2D eigenvalue weighted by atomic mass is 127. The van der Waals surface area contributed by atoms with Crippen LogP contribution in [-0.4, -0.2) is 64.0 Å². The van der Waals surface area contributed by atoms with Crippen LogP contribution < -0.4 is 20.7 Å². The average molecular weight is 553 g/mol. The van der Waals surface area contributed by atoms with Gasteiger partial charge in [0.2, 0.25) is 0 Å². The Balaban J connectivity index is 0.00000512. The van der Waals surface area contributed by atoms with Gasteiger partial charge < -0.3 is 25.6 Å². The van der Waals surface area contributed by atoms with Gasteiger partial charge >= 0.3 is 0 Å². The first-order chi connectivity index (χ1) is 14.9. The van der Waals surface area contributed by atoms with Gasteiger partial charge in [0, 0.05) is 46.8 Å². The van der Waals surface area contributed by atoms with E-state index in [1.807, 2.05) is 42.5 Å². The Labute approximate surface area is 206 Å². The molecule has 9 heteroatoms. The van der Waals surface area contributed by atoms with E-state index >= 15 is 0 Å². The van der Waals surface area contributed by atoms with Gasteiger partial charge in [0.15, 0.2) is 12.6 Å². The lowest BCUT2D eigenvalue weighted by molar-refractivity contribution is -0.130. The molecule has 0 aliphatic carbocycles. The zero-order chi connectivity index (χ0) is 22.6. The quantitative estimate of drug-likeness (QED) is 0.251. The van der Waals surface area contributed by atoms with Crippen molar-refractivity contribution in [3.63, 3.8) is 0 Å². The zero-order valence-corrected chi connectivity index (χ0v) is 21.3. The minimum absolute atomic E-state index is 0. The molecule has 0 spiro atoms. The highest BCUT2D eigenvalue weighted by Crippen LogP contribution is 2.13. The molecule has 0 heterocycles. The molecule has 0 saturated heterocycles. The molecule has 8 nitrogen and oxygen atoms in total. The van der Waals surface area contributed by atoms with Gasteiger partial charge in [-0.25, -0.2) is 0 Å². The van der Waals surface area contributed by atoms with Crippen LogP contribution in [0.3, 0.4) is 0 Å². The van der Waals surface area contributed by atoms with Crippen molar-refractivity contribution in [2.45, 2.75) is 13.0 Å². The molecule has 0 aromatic heterocycles. The summed E-state index contributed by atoms with van der Waals surface area (Å²) < 4.78 is 5.56. The van der Waals surface area contributed by atoms with Gasteiger partial charge in [-0.15, -0.1) is 24.0 Å². The number of guanidine groups is 1. The van der Waals surface area contributed by atoms with Crippen molar-refractivity contribution in [3.8, 4) is 5.75 Å². The molecule has 174 valence electrons. The molecule has 2 aromatic carbocycles. The second kappa shape index (κ2) is 14.3. The van der Waals surface area contributed by atoms with E-state index in [-0.39, 0.29) is 42.4 Å². The van der Waals surface area contributed by atoms with Crippen molar-refractivity contribution >= 4 is 41.8 Å². The third-order valence-electron chi connectivity index (χ3n) is 4.57. The van der Waals surface area contributed by atoms with Gasteiger partial charge in [-0.1, -0.05) is 24.3 Å². The first kappa shape index (κ1) is 27.2. The average Bonchev–Trinajstić information content (AvgIpc) is 2.79. The Kier molecular flexibility index (Phi) is 12.1. The van der Waals surface area contributed by atoms with Gasteiger partial charge in [-0.3, -0.25) is 14.6 Å². The maximum Gasteiger partial charge on any atom is 0.259 e. The predicted molar refractivity (Wildman–Crippen MR) is 138 cm³/mol. The van der Waals surface area contributed by atoms with Crippen LogP contribution in [0.15, 0.2) is 53.5 Å². The monoisotopic (exact) mass is 553 g/mol. The van der Waals surface area contributed by atoms with Gasteiger partial charge in [-0.05, 0) is 41.8 Å². The number of halogens is 1. The molecule has 0 aliphatic heterocycles. The van der Waals surface area contributed by atoms with E-state index in [0.29, 0.717) is 30.4 Å². The summed E-state index contributed by atoms with van der Waals surface area (Å²) in [5.74, 6) is 1.14. The molecule has 0 atom stereocenters. The normalized spacial score (nSPS) is 10.6. The number of carbonyl (C=O) groups excluding carboxylic acids is 2. The van der Waals surface area contributed by atoms with E-state index in [1.165, 1.54) is 4.90 Å². The standard InChI is InChI=1S/C23H31N5O3.HI/c1-24-22(30)19-9-5-7-17(13-19)11-12-26-23(25-2)27-15-18-8-6-10-20(14-18)31-16-21(29)28(3)4;/h5-10,13-14H,11-12,15-16H2,1-4H3,(H,24,30)(H2,25,26,27);1H. The molecule has 0 unspecified atom stereocenters. The second-order valence-corrected chi connectivity index (χ2v) is 7.11. The van der Waals surface area contributed by atoms with Crippen molar-refractivity contribution in [2.75, 3.05) is 41.3 Å². The summed E-state index contributed by atoms with van der Waals surface area (Å²) in [4.78, 5) is 29.2. The van der Waals surface area contributed by atoms with Crippen LogP contribution in [-0.2, 0) is 17.8 Å². The van der Waals surface area contributed by atoms with Crippen LogP contribution in [0, 0.1) is 0 Å². The van der Waals surface area contributed by atoms with Crippen molar-refractivity contribution in [3.05, 3.63) is 65.2 Å². The van der Waals surface area contributed by atoms with Gasteiger partial charge in [0.05, 0.1) is 0 Å². The molecule has 2 rings (SSSR count). The fraction of sp³-hybridized carbons (Fsp3) is 0.348. The van der Waals surface area contributed by atoms with Gasteiger partial charge in [0.1, 0.15) is 5.75 Å². The number of benzene rings is 2. The molecule has 2 aromatic rings. The summed E-state index contributed by atoms with van der Waals surface area (Å²) in [5, 5.41) is 9.18. The van der Waals surface area contributed by atoms with Crippen molar-refractivity contribution in [1.29, 1.82) is 0 Å². The van der Waals surface area contributed by atoms with Crippen molar-refractivity contribution in [1.82, 2.24) is 20.9 Å². The van der Waals surface area contributed by atoms with Crippen molar-refractivity contribution < 1.29 is 14.3 Å². The van der Waals surface area contributed by atoms with Crippen LogP contribution in [0.4, 0.5) is 0 Å². The summed E-state index contributed by atoms with van der Waals surface area (Å²) in [5.41, 5.74) is 2.73. The molecule has 2 amide bonds. The lowest BCUT2D eigenvalue weighted by Crippen LogP contribution is -2.37. The van der Waals surface area contributed by atoms with Crippen LogP contribution in [0.25, 0.3) is 0 Å². The molecular weight excluding hydrogens is 521 g/mol. The molecular formula is C23H32IN5O3. The van der Waals surface area contributed by atoms with Crippen LogP contribution in [0.1, 0.15) is 21.5 Å². The maximum atomic E-state index is 11.8. The highest BCUT2D eigenvalue weighted by Gasteiger charge is 2.06. The summed E-state index contributed by atoms with van der Waals surface area (Å²) in [6.07, 6.45) is 0.759. The second-order valence-electron chi connectivity index (χ2n) is 7.11. The summed E-state index contributed by atoms with van der Waals surface area (Å²) in [6.45, 7) is 1.24. The fourth-order valence-electron chi connectivity index (χ4n) is 2.76.